The Morgan fingerprint density at radius 3 is 1.45 bits per heavy atom. The maximum Gasteiger partial charge on any atom is 0.220 e. The van der Waals surface area contributed by atoms with E-state index in [1.54, 1.807) is 4.57 Å². The van der Waals surface area contributed by atoms with Gasteiger partial charge in [0, 0.05) is 63.6 Å². The van der Waals surface area contributed by atoms with Gasteiger partial charge in [-0.3, -0.25) is 0 Å². The molecular formula is C68H38N4S2. The smallest absolute Gasteiger partial charge is 0.220 e. The molecule has 11 aromatic carbocycles. The number of nitrogens with zero attached hydrogens (tertiary/aromatic N) is 4. The number of rotatable bonds is 6. The number of para-hydroxylation sites is 1. The van der Waals surface area contributed by atoms with Crippen molar-refractivity contribution >= 4 is 112 Å². The number of benzene rings is 11. The van der Waals surface area contributed by atoms with E-state index in [9.17, 15) is 22.8 Å². The molecule has 0 aliphatic heterocycles. The summed E-state index contributed by atoms with van der Waals surface area (Å²) in [7, 11) is 0. The first-order valence-electron chi connectivity index (χ1n) is 29.7. The monoisotopic (exact) mass is 986 g/mol. The molecule has 15 aromatic rings. The minimum absolute atomic E-state index is 0.00307. The van der Waals surface area contributed by atoms with E-state index in [-0.39, 0.29) is 96.7 Å². The third kappa shape index (κ3) is 6.05. The Labute approximate surface area is 450 Å². The molecule has 0 saturated carbocycles. The Hall–Kier alpha value is -9.56. The standard InChI is InChI=1S/C68H38N4S2/c1-70-62-60(43-24-10-4-11-25-43)55(40-69)63(72-64-48(34-36-50-46-29-15-18-32-58(46)73-67(50)64)49-35-37-51-47-30-16-19-33-59(47)74-68(51)65(49)72)61(44-26-12-5-13-27-44)66(62)71-56-31-17-14-28-45(56)54-38-52(41-20-6-2-7-21-41)53(39-57(54)71)42-22-8-3-9-23-42/h2-39H/i15D,16D,18D,19D,29D,30D,32D,33D,34D,35D,36D,37D. The van der Waals surface area contributed by atoms with Gasteiger partial charge in [-0.25, -0.2) is 4.85 Å². The number of fused-ring (bicyclic) bond motifs is 14. The van der Waals surface area contributed by atoms with Gasteiger partial charge in [0.25, 0.3) is 0 Å². The van der Waals surface area contributed by atoms with Crippen molar-refractivity contribution in [2.24, 2.45) is 0 Å². The fourth-order valence-corrected chi connectivity index (χ4v) is 13.2. The molecule has 0 unspecified atom stereocenters. The van der Waals surface area contributed by atoms with Crippen LogP contribution in [-0.4, -0.2) is 9.13 Å². The molecule has 4 heterocycles. The van der Waals surface area contributed by atoms with E-state index in [1.165, 1.54) is 0 Å². The van der Waals surface area contributed by atoms with Crippen LogP contribution in [0.5, 0.6) is 0 Å². The molecule has 74 heavy (non-hydrogen) atoms. The summed E-state index contributed by atoms with van der Waals surface area (Å²) in [6.07, 6.45) is 0. The zero-order valence-corrected chi connectivity index (χ0v) is 40.2. The highest BCUT2D eigenvalue weighted by molar-refractivity contribution is 7.27. The SMILES string of the molecule is [2H]c1c([2H])c([2H])c2c(sc3c2c([2H])c([2H])c2c4c([2H])c([2H])c5c(sc6c([2H])c([2H])c([2H])c([2H])c65)c4n(-c4c(C#N)c(-c5ccccc5)c([N+]#[C-])c(-n5c6ccccc6c6cc(-c7ccccc7)c(-c7ccccc7)cc65)c4-c4ccccc4)c32)c1[2H]. The molecule has 6 heteroatoms. The summed E-state index contributed by atoms with van der Waals surface area (Å²) in [6, 6.07) is 48.0. The van der Waals surface area contributed by atoms with Gasteiger partial charge >= 0.3 is 0 Å². The summed E-state index contributed by atoms with van der Waals surface area (Å²) in [4.78, 5) is 4.49. The van der Waals surface area contributed by atoms with Crippen molar-refractivity contribution in [1.82, 2.24) is 9.13 Å². The normalized spacial score (nSPS) is 14.0. The summed E-state index contributed by atoms with van der Waals surface area (Å²) in [5.74, 6) is 0. The predicted octanol–water partition coefficient (Wildman–Crippen LogP) is 19.7. The van der Waals surface area contributed by atoms with Gasteiger partial charge < -0.3 is 9.13 Å². The Kier molecular flexibility index (Phi) is 7.07. The van der Waals surface area contributed by atoms with E-state index in [0.29, 0.717) is 33.4 Å². The molecule has 0 atom stereocenters. The maximum absolute atomic E-state index is 12.4. The largest absolute Gasteiger partial charge is 0.318 e. The van der Waals surface area contributed by atoms with Crippen molar-refractivity contribution in [2.75, 3.05) is 0 Å². The highest BCUT2D eigenvalue weighted by Crippen LogP contribution is 2.55. The number of aromatic nitrogens is 2. The third-order valence-electron chi connectivity index (χ3n) is 14.1. The van der Waals surface area contributed by atoms with Crippen LogP contribution in [0.2, 0.25) is 0 Å². The van der Waals surface area contributed by atoms with E-state index in [4.69, 9.17) is 5.48 Å². The fourth-order valence-electron chi connectivity index (χ4n) is 11.0. The van der Waals surface area contributed by atoms with Gasteiger partial charge in [0.05, 0.1) is 71.4 Å². The van der Waals surface area contributed by atoms with E-state index in [2.05, 4.69) is 51.9 Å². The summed E-state index contributed by atoms with van der Waals surface area (Å²) in [5, 5.41) is 14.1. The van der Waals surface area contributed by atoms with Crippen molar-refractivity contribution in [1.29, 1.82) is 5.26 Å². The first-order valence-corrected chi connectivity index (χ1v) is 25.3. The minimum Gasteiger partial charge on any atom is -0.318 e. The quantitative estimate of drug-likeness (QED) is 0.153. The zero-order chi connectivity index (χ0) is 59.5. The lowest BCUT2D eigenvalue weighted by Crippen LogP contribution is -2.09. The maximum atomic E-state index is 12.4. The molecule has 342 valence electrons. The Balaban J connectivity index is 1.28. The van der Waals surface area contributed by atoms with Crippen LogP contribution in [0.15, 0.2) is 230 Å². The number of nitriles is 1. The summed E-state index contributed by atoms with van der Waals surface area (Å²) in [5.41, 5.74) is 7.55. The lowest BCUT2D eigenvalue weighted by Gasteiger charge is -2.26. The molecule has 0 bridgehead atoms. The van der Waals surface area contributed by atoms with Crippen LogP contribution in [0.4, 0.5) is 5.69 Å². The van der Waals surface area contributed by atoms with E-state index in [0.717, 1.165) is 55.7 Å². The topological polar surface area (TPSA) is 38.0 Å². The number of thiophene rings is 2. The van der Waals surface area contributed by atoms with Gasteiger partial charge in [0.1, 0.15) is 6.07 Å². The average Bonchev–Trinajstić information content (AvgIpc) is 2.26. The van der Waals surface area contributed by atoms with Gasteiger partial charge in [-0.1, -0.05) is 200 Å². The van der Waals surface area contributed by atoms with Crippen LogP contribution >= 0.6 is 22.7 Å². The molecule has 0 aliphatic rings. The molecule has 15 rings (SSSR count). The highest BCUT2D eigenvalue weighted by Gasteiger charge is 2.33. The molecule has 4 aromatic heterocycles. The first-order chi connectivity index (χ1) is 41.7. The number of hydrogen-bond donors (Lipinski definition) is 0. The fraction of sp³-hybridized carbons (Fsp3) is 0. The van der Waals surface area contributed by atoms with Crippen LogP contribution in [0.25, 0.3) is 145 Å². The second kappa shape index (κ2) is 16.5. The van der Waals surface area contributed by atoms with Gasteiger partial charge in [0.15, 0.2) is 0 Å². The van der Waals surface area contributed by atoms with E-state index in [1.807, 2.05) is 121 Å². The van der Waals surface area contributed by atoms with E-state index < -0.39 is 60.4 Å². The van der Waals surface area contributed by atoms with Crippen molar-refractivity contribution in [2.45, 2.75) is 0 Å². The van der Waals surface area contributed by atoms with Gasteiger partial charge in [-0.2, -0.15) is 5.26 Å². The Morgan fingerprint density at radius 2 is 0.905 bits per heavy atom. The van der Waals surface area contributed by atoms with Crippen LogP contribution < -0.4 is 0 Å². The van der Waals surface area contributed by atoms with Gasteiger partial charge in [0.2, 0.25) is 5.69 Å². The third-order valence-corrected chi connectivity index (χ3v) is 16.3. The van der Waals surface area contributed by atoms with Crippen LogP contribution in [0, 0.1) is 17.9 Å². The van der Waals surface area contributed by atoms with Gasteiger partial charge in [-0.05, 0) is 63.7 Å². The summed E-state index contributed by atoms with van der Waals surface area (Å²) >= 11 is 1.95. The molecule has 0 N–H and O–H groups in total. The highest BCUT2D eigenvalue weighted by atomic mass is 32.1. The summed E-state index contributed by atoms with van der Waals surface area (Å²) < 4.78 is 117. The van der Waals surface area contributed by atoms with Crippen molar-refractivity contribution in [3.05, 3.63) is 247 Å². The van der Waals surface area contributed by atoms with Crippen molar-refractivity contribution < 1.29 is 16.4 Å². The van der Waals surface area contributed by atoms with Crippen LogP contribution in [0.3, 0.4) is 0 Å². The van der Waals surface area contributed by atoms with Crippen molar-refractivity contribution in [3.8, 4) is 62.0 Å². The van der Waals surface area contributed by atoms with E-state index >= 15 is 0 Å². The Morgan fingerprint density at radius 1 is 0.432 bits per heavy atom. The molecule has 4 nitrogen and oxygen atoms in total. The lowest BCUT2D eigenvalue weighted by molar-refractivity contribution is 1.14. The second-order valence-electron chi connectivity index (χ2n) is 17.9. The molecule has 0 amide bonds. The van der Waals surface area contributed by atoms with Crippen LogP contribution in [-0.2, 0) is 0 Å². The Bertz CT molecular complexity index is 5460. The zero-order valence-electron chi connectivity index (χ0n) is 50.6. The predicted molar refractivity (Wildman–Crippen MR) is 314 cm³/mol. The molecule has 0 spiro atoms. The van der Waals surface area contributed by atoms with Gasteiger partial charge in [-0.15, -0.1) is 22.7 Å². The summed E-state index contributed by atoms with van der Waals surface area (Å²) in [6.45, 7) is 9.52. The molecule has 0 saturated heterocycles. The molecule has 0 radical (unpaired) electrons. The first kappa shape index (κ1) is 31.7. The average molecular weight is 987 g/mol. The minimum atomic E-state index is -0.546. The molecule has 0 aliphatic carbocycles. The second-order valence-corrected chi connectivity index (χ2v) is 20.0. The number of hydrogen-bond acceptors (Lipinski definition) is 3. The lowest BCUT2D eigenvalue weighted by atomic mass is 9.88. The molecule has 0 fully saturated rings. The van der Waals surface area contributed by atoms with Crippen LogP contribution in [0.1, 0.15) is 22.0 Å². The van der Waals surface area contributed by atoms with Crippen molar-refractivity contribution in [3.63, 3.8) is 0 Å². The molecular weight excluding hydrogens is 937 g/mol.